The number of halogens is 1. The fraction of sp³-hybridized carbons (Fsp3) is 0.286. The largest absolute Gasteiger partial charge is 0.490 e. The molecule has 0 fully saturated rings. The fourth-order valence-corrected chi connectivity index (χ4v) is 3.17. The van der Waals surface area contributed by atoms with Crippen molar-refractivity contribution >= 4 is 22.9 Å². The summed E-state index contributed by atoms with van der Waals surface area (Å²) < 4.78 is 11.2. The highest BCUT2D eigenvalue weighted by atomic mass is 35.5. The van der Waals surface area contributed by atoms with Gasteiger partial charge in [-0.25, -0.2) is 0 Å². The smallest absolute Gasteiger partial charge is 0.161 e. The molecule has 1 atom stereocenters. The Morgan fingerprint density at radius 1 is 1.16 bits per heavy atom. The van der Waals surface area contributed by atoms with E-state index >= 15 is 0 Å². The van der Waals surface area contributed by atoms with E-state index in [1.165, 1.54) is 11.3 Å². The molecule has 3 nitrogen and oxygen atoms in total. The molecule has 1 N–H and O–H groups in total. The van der Waals surface area contributed by atoms with Gasteiger partial charge in [0, 0.05) is 6.42 Å². The van der Waals surface area contributed by atoms with E-state index in [-0.39, 0.29) is 0 Å². The topological polar surface area (TPSA) is 38.7 Å². The molecule has 0 saturated heterocycles. The summed E-state index contributed by atoms with van der Waals surface area (Å²) in [6.45, 7) is 1.29. The zero-order valence-electron chi connectivity index (χ0n) is 10.1. The SMILES string of the molecule is OC(c1ccc2c(c1)OCCCO2)c1sccc1Cl. The van der Waals surface area contributed by atoms with Gasteiger partial charge in [0.1, 0.15) is 6.10 Å². The number of ether oxygens (including phenoxy) is 2. The third-order valence-electron chi connectivity index (χ3n) is 2.98. The van der Waals surface area contributed by atoms with Gasteiger partial charge in [0.2, 0.25) is 0 Å². The van der Waals surface area contributed by atoms with Crippen LogP contribution in [0.4, 0.5) is 0 Å². The Morgan fingerprint density at radius 3 is 2.68 bits per heavy atom. The maximum absolute atomic E-state index is 10.4. The van der Waals surface area contributed by atoms with Crippen molar-refractivity contribution in [2.75, 3.05) is 13.2 Å². The van der Waals surface area contributed by atoms with Crippen LogP contribution in [0.2, 0.25) is 5.02 Å². The molecule has 0 aliphatic carbocycles. The molecule has 100 valence electrons. The number of thiophene rings is 1. The number of rotatable bonds is 2. The van der Waals surface area contributed by atoms with Crippen molar-refractivity contribution in [3.63, 3.8) is 0 Å². The first-order valence-corrected chi connectivity index (χ1v) is 7.32. The molecule has 2 heterocycles. The minimum absolute atomic E-state index is 0.588. The number of hydrogen-bond acceptors (Lipinski definition) is 4. The molecular weight excluding hydrogens is 284 g/mol. The number of aliphatic hydroxyl groups excluding tert-OH is 1. The zero-order valence-corrected chi connectivity index (χ0v) is 11.7. The van der Waals surface area contributed by atoms with Crippen LogP contribution in [0.3, 0.4) is 0 Å². The molecule has 2 aromatic rings. The van der Waals surface area contributed by atoms with Gasteiger partial charge in [0.25, 0.3) is 0 Å². The van der Waals surface area contributed by atoms with Crippen LogP contribution in [0.15, 0.2) is 29.6 Å². The lowest BCUT2D eigenvalue weighted by Gasteiger charge is -2.13. The Bertz CT molecular complexity index is 582. The molecule has 0 bridgehead atoms. The summed E-state index contributed by atoms with van der Waals surface area (Å²) in [6, 6.07) is 7.28. The minimum atomic E-state index is -0.732. The lowest BCUT2D eigenvalue weighted by atomic mass is 10.1. The van der Waals surface area contributed by atoms with E-state index in [1.807, 2.05) is 23.6 Å². The predicted octanol–water partition coefficient (Wildman–Crippen LogP) is 3.64. The predicted molar refractivity (Wildman–Crippen MR) is 75.4 cm³/mol. The molecule has 3 rings (SSSR count). The number of hydrogen-bond donors (Lipinski definition) is 1. The summed E-state index contributed by atoms with van der Waals surface area (Å²) in [5.74, 6) is 1.41. The minimum Gasteiger partial charge on any atom is -0.490 e. The van der Waals surface area contributed by atoms with Gasteiger partial charge in [-0.05, 0) is 29.1 Å². The molecule has 1 unspecified atom stereocenters. The second kappa shape index (κ2) is 5.41. The first-order chi connectivity index (χ1) is 9.25. The summed E-state index contributed by atoms with van der Waals surface area (Å²) in [7, 11) is 0. The molecule has 0 spiro atoms. The van der Waals surface area contributed by atoms with Gasteiger partial charge < -0.3 is 14.6 Å². The van der Waals surface area contributed by atoms with Gasteiger partial charge in [0.05, 0.1) is 23.1 Å². The zero-order chi connectivity index (χ0) is 13.2. The lowest BCUT2D eigenvalue weighted by molar-refractivity contribution is 0.223. The van der Waals surface area contributed by atoms with E-state index in [0.717, 1.165) is 22.6 Å². The number of aliphatic hydroxyl groups is 1. The molecule has 0 saturated carbocycles. The Balaban J connectivity index is 1.93. The van der Waals surface area contributed by atoms with Crippen LogP contribution >= 0.6 is 22.9 Å². The van der Waals surface area contributed by atoms with Crippen molar-refractivity contribution in [2.24, 2.45) is 0 Å². The Kier molecular flexibility index (Phi) is 3.64. The second-order valence-electron chi connectivity index (χ2n) is 4.29. The van der Waals surface area contributed by atoms with E-state index in [9.17, 15) is 5.11 Å². The summed E-state index contributed by atoms with van der Waals surface area (Å²) in [5, 5.41) is 12.8. The van der Waals surface area contributed by atoms with Crippen molar-refractivity contribution in [1.82, 2.24) is 0 Å². The van der Waals surface area contributed by atoms with E-state index in [1.54, 1.807) is 6.07 Å². The highest BCUT2D eigenvalue weighted by molar-refractivity contribution is 7.10. The van der Waals surface area contributed by atoms with Crippen LogP contribution in [-0.4, -0.2) is 18.3 Å². The fourth-order valence-electron chi connectivity index (χ4n) is 2.00. The third-order valence-corrected chi connectivity index (χ3v) is 4.39. The van der Waals surface area contributed by atoms with Crippen LogP contribution < -0.4 is 9.47 Å². The van der Waals surface area contributed by atoms with Crippen LogP contribution in [0.25, 0.3) is 0 Å². The van der Waals surface area contributed by atoms with Gasteiger partial charge >= 0.3 is 0 Å². The van der Waals surface area contributed by atoms with Crippen molar-refractivity contribution in [3.05, 3.63) is 45.1 Å². The molecule has 1 aliphatic rings. The average molecular weight is 297 g/mol. The molecular formula is C14H13ClO3S. The van der Waals surface area contributed by atoms with E-state index < -0.39 is 6.10 Å². The van der Waals surface area contributed by atoms with Crippen LogP contribution in [0.1, 0.15) is 23.0 Å². The first kappa shape index (κ1) is 12.8. The van der Waals surface area contributed by atoms with Crippen molar-refractivity contribution in [3.8, 4) is 11.5 Å². The maximum Gasteiger partial charge on any atom is 0.161 e. The first-order valence-electron chi connectivity index (χ1n) is 6.06. The summed E-state index contributed by atoms with van der Waals surface area (Å²) in [6.07, 6.45) is 0.133. The second-order valence-corrected chi connectivity index (χ2v) is 5.65. The number of benzene rings is 1. The van der Waals surface area contributed by atoms with E-state index in [4.69, 9.17) is 21.1 Å². The molecule has 1 aliphatic heterocycles. The van der Waals surface area contributed by atoms with Crippen LogP contribution in [0, 0.1) is 0 Å². The highest BCUT2D eigenvalue weighted by Gasteiger charge is 2.18. The van der Waals surface area contributed by atoms with Gasteiger partial charge in [0.15, 0.2) is 11.5 Å². The Hall–Kier alpha value is -1.23. The summed E-state index contributed by atoms with van der Waals surface area (Å²) in [4.78, 5) is 0.746. The Labute approximate surface area is 120 Å². The summed E-state index contributed by atoms with van der Waals surface area (Å²) >= 11 is 7.49. The van der Waals surface area contributed by atoms with Gasteiger partial charge in [-0.3, -0.25) is 0 Å². The molecule has 0 amide bonds. The highest BCUT2D eigenvalue weighted by Crippen LogP contribution is 2.37. The molecule has 1 aromatic carbocycles. The quantitative estimate of drug-likeness (QED) is 0.919. The normalized spacial score (nSPS) is 15.9. The molecule has 19 heavy (non-hydrogen) atoms. The monoisotopic (exact) mass is 296 g/mol. The van der Waals surface area contributed by atoms with E-state index in [0.29, 0.717) is 24.0 Å². The van der Waals surface area contributed by atoms with Gasteiger partial charge in [-0.15, -0.1) is 11.3 Å². The third kappa shape index (κ3) is 2.56. The molecule has 0 radical (unpaired) electrons. The van der Waals surface area contributed by atoms with Crippen molar-refractivity contribution in [1.29, 1.82) is 0 Å². The van der Waals surface area contributed by atoms with Crippen molar-refractivity contribution in [2.45, 2.75) is 12.5 Å². The van der Waals surface area contributed by atoms with Crippen molar-refractivity contribution < 1.29 is 14.6 Å². The van der Waals surface area contributed by atoms with E-state index in [2.05, 4.69) is 0 Å². The molecule has 5 heteroatoms. The Morgan fingerprint density at radius 2 is 1.95 bits per heavy atom. The van der Waals surface area contributed by atoms with Crippen LogP contribution in [0.5, 0.6) is 11.5 Å². The van der Waals surface area contributed by atoms with Gasteiger partial charge in [-0.2, -0.15) is 0 Å². The van der Waals surface area contributed by atoms with Gasteiger partial charge in [-0.1, -0.05) is 17.7 Å². The van der Waals surface area contributed by atoms with Crippen LogP contribution in [-0.2, 0) is 0 Å². The molecule has 1 aromatic heterocycles. The summed E-state index contributed by atoms with van der Waals surface area (Å²) in [5.41, 5.74) is 0.758. The number of fused-ring (bicyclic) bond motifs is 1. The standard InChI is InChI=1S/C14H13ClO3S/c15-10-4-7-19-14(10)13(16)9-2-3-11-12(8-9)18-6-1-5-17-11/h2-4,7-8,13,16H,1,5-6H2. The average Bonchev–Trinajstić information content (AvgIpc) is 2.72. The lowest BCUT2D eigenvalue weighted by Crippen LogP contribution is -1.99. The maximum atomic E-state index is 10.4.